The first-order valence-corrected chi connectivity index (χ1v) is 8.09. The predicted molar refractivity (Wildman–Crippen MR) is 91.7 cm³/mol. The van der Waals surface area contributed by atoms with Crippen molar-refractivity contribution in [3.05, 3.63) is 77.5 Å². The zero-order valence-corrected chi connectivity index (χ0v) is 13.3. The first-order chi connectivity index (χ1) is 11.3. The van der Waals surface area contributed by atoms with Crippen molar-refractivity contribution in [1.29, 1.82) is 0 Å². The van der Waals surface area contributed by atoms with Crippen molar-refractivity contribution in [1.82, 2.24) is 4.90 Å². The monoisotopic (exact) mass is 307 g/mol. The normalized spacial score (nSPS) is 19.2. The fraction of sp³-hybridized carbons (Fsp3) is 0.250. The van der Waals surface area contributed by atoms with E-state index >= 15 is 0 Å². The van der Waals surface area contributed by atoms with Gasteiger partial charge in [-0.3, -0.25) is 4.90 Å². The number of amides is 1. The van der Waals surface area contributed by atoms with Crippen LogP contribution in [0.5, 0.6) is 0 Å². The van der Waals surface area contributed by atoms with Crippen LogP contribution in [0, 0.1) is 0 Å². The third kappa shape index (κ3) is 3.45. The van der Waals surface area contributed by atoms with E-state index in [0.717, 1.165) is 24.0 Å². The molecular weight excluding hydrogens is 286 g/mol. The van der Waals surface area contributed by atoms with Gasteiger partial charge in [-0.05, 0) is 23.6 Å². The molecule has 0 radical (unpaired) electrons. The molecule has 1 aliphatic heterocycles. The van der Waals surface area contributed by atoms with Crippen LogP contribution >= 0.6 is 0 Å². The van der Waals surface area contributed by atoms with E-state index in [-0.39, 0.29) is 12.1 Å². The van der Waals surface area contributed by atoms with Gasteiger partial charge in [0.15, 0.2) is 0 Å². The molecule has 0 aromatic heterocycles. The third-order valence-corrected chi connectivity index (χ3v) is 4.00. The quantitative estimate of drug-likeness (QED) is 0.776. The molecule has 3 heteroatoms. The van der Waals surface area contributed by atoms with Gasteiger partial charge in [-0.2, -0.15) is 0 Å². The number of hydrogen-bond acceptors (Lipinski definition) is 2. The molecule has 1 saturated heterocycles. The topological polar surface area (TPSA) is 29.5 Å². The first-order valence-electron chi connectivity index (χ1n) is 8.09. The summed E-state index contributed by atoms with van der Waals surface area (Å²) in [5, 5.41) is 0. The SMILES string of the molecule is CCCCN1C(=O)O/C(=C\c2ccccc2)C1c1ccccc1. The highest BCUT2D eigenvalue weighted by molar-refractivity contribution is 5.76. The fourth-order valence-corrected chi connectivity index (χ4v) is 2.82. The predicted octanol–water partition coefficient (Wildman–Crippen LogP) is 5.02. The van der Waals surface area contributed by atoms with Gasteiger partial charge in [0.25, 0.3) is 0 Å². The molecule has 23 heavy (non-hydrogen) atoms. The van der Waals surface area contributed by atoms with Crippen molar-refractivity contribution >= 4 is 12.2 Å². The minimum Gasteiger partial charge on any atom is -0.412 e. The van der Waals surface area contributed by atoms with Crippen LogP contribution in [-0.2, 0) is 4.74 Å². The van der Waals surface area contributed by atoms with Crippen LogP contribution < -0.4 is 0 Å². The van der Waals surface area contributed by atoms with Gasteiger partial charge in [-0.1, -0.05) is 74.0 Å². The molecule has 1 atom stereocenters. The van der Waals surface area contributed by atoms with E-state index in [9.17, 15) is 4.79 Å². The maximum atomic E-state index is 12.3. The van der Waals surface area contributed by atoms with E-state index in [0.29, 0.717) is 12.3 Å². The van der Waals surface area contributed by atoms with E-state index in [1.165, 1.54) is 0 Å². The summed E-state index contributed by atoms with van der Waals surface area (Å²) in [6.07, 6.45) is 3.72. The lowest BCUT2D eigenvalue weighted by Gasteiger charge is -2.21. The summed E-state index contributed by atoms with van der Waals surface area (Å²) < 4.78 is 5.59. The number of benzene rings is 2. The van der Waals surface area contributed by atoms with Crippen molar-refractivity contribution < 1.29 is 9.53 Å². The van der Waals surface area contributed by atoms with Gasteiger partial charge in [0.2, 0.25) is 0 Å². The highest BCUT2D eigenvalue weighted by Crippen LogP contribution is 2.37. The summed E-state index contributed by atoms with van der Waals surface area (Å²) >= 11 is 0. The largest absolute Gasteiger partial charge is 0.415 e. The third-order valence-electron chi connectivity index (χ3n) is 4.00. The molecule has 118 valence electrons. The Hall–Kier alpha value is -2.55. The summed E-state index contributed by atoms with van der Waals surface area (Å²) in [5.41, 5.74) is 2.12. The maximum absolute atomic E-state index is 12.3. The summed E-state index contributed by atoms with van der Waals surface area (Å²) in [4.78, 5) is 14.2. The summed E-state index contributed by atoms with van der Waals surface area (Å²) in [5.74, 6) is 0.698. The van der Waals surface area contributed by atoms with E-state index < -0.39 is 0 Å². The number of carbonyl (C=O) groups is 1. The Bertz CT molecular complexity index is 679. The molecular formula is C20H21NO2. The fourth-order valence-electron chi connectivity index (χ4n) is 2.82. The number of rotatable bonds is 5. The van der Waals surface area contributed by atoms with Crippen LogP contribution in [0.15, 0.2) is 66.4 Å². The number of unbranched alkanes of at least 4 members (excludes halogenated alkanes) is 1. The highest BCUT2D eigenvalue weighted by Gasteiger charge is 2.38. The zero-order valence-electron chi connectivity index (χ0n) is 13.3. The minimum absolute atomic E-state index is 0.143. The Balaban J connectivity index is 1.97. The first kappa shape index (κ1) is 15.3. The lowest BCUT2D eigenvalue weighted by atomic mass is 10.0. The van der Waals surface area contributed by atoms with Crippen LogP contribution in [0.25, 0.3) is 6.08 Å². The van der Waals surface area contributed by atoms with Gasteiger partial charge in [0.05, 0.1) is 0 Å². The number of ether oxygens (including phenoxy) is 1. The molecule has 1 fully saturated rings. The molecule has 2 aromatic carbocycles. The van der Waals surface area contributed by atoms with Gasteiger partial charge < -0.3 is 4.74 Å². The van der Waals surface area contributed by atoms with Crippen molar-refractivity contribution in [3.8, 4) is 0 Å². The molecule has 3 rings (SSSR count). The molecule has 1 unspecified atom stereocenters. The van der Waals surface area contributed by atoms with Crippen LogP contribution in [0.3, 0.4) is 0 Å². The Labute approximate surface area is 137 Å². The van der Waals surface area contributed by atoms with E-state index in [2.05, 4.69) is 6.92 Å². The molecule has 1 amide bonds. The van der Waals surface area contributed by atoms with Crippen LogP contribution in [0.2, 0.25) is 0 Å². The lowest BCUT2D eigenvalue weighted by molar-refractivity contribution is 0.164. The van der Waals surface area contributed by atoms with E-state index in [1.54, 1.807) is 0 Å². The summed E-state index contributed by atoms with van der Waals surface area (Å²) in [6.45, 7) is 2.83. The molecule has 2 aromatic rings. The van der Waals surface area contributed by atoms with Crippen molar-refractivity contribution in [2.45, 2.75) is 25.8 Å². The van der Waals surface area contributed by atoms with Crippen molar-refractivity contribution in [2.24, 2.45) is 0 Å². The van der Waals surface area contributed by atoms with E-state index in [1.807, 2.05) is 71.6 Å². The van der Waals surface area contributed by atoms with E-state index in [4.69, 9.17) is 4.74 Å². The van der Waals surface area contributed by atoms with Gasteiger partial charge >= 0.3 is 6.09 Å². The number of cyclic esters (lactones) is 1. The standard InChI is InChI=1S/C20H21NO2/c1-2-3-14-21-19(17-12-8-5-9-13-17)18(23-20(21)22)15-16-10-6-4-7-11-16/h4-13,15,19H,2-3,14H2,1H3/b18-15-. The van der Waals surface area contributed by atoms with Crippen LogP contribution in [0.1, 0.15) is 36.9 Å². The average Bonchev–Trinajstić information content (AvgIpc) is 2.90. The Morgan fingerprint density at radius 2 is 1.70 bits per heavy atom. The van der Waals surface area contributed by atoms with Gasteiger partial charge in [0.1, 0.15) is 11.8 Å². The summed E-state index contributed by atoms with van der Waals surface area (Å²) in [7, 11) is 0. The molecule has 0 bridgehead atoms. The molecule has 1 heterocycles. The molecule has 3 nitrogen and oxygen atoms in total. The Kier molecular flexibility index (Phi) is 4.77. The average molecular weight is 307 g/mol. The molecule has 0 aliphatic carbocycles. The lowest BCUT2D eigenvalue weighted by Crippen LogP contribution is -2.28. The Morgan fingerprint density at radius 3 is 2.35 bits per heavy atom. The number of carbonyl (C=O) groups excluding carboxylic acids is 1. The van der Waals surface area contributed by atoms with Gasteiger partial charge in [-0.15, -0.1) is 0 Å². The zero-order chi connectivity index (χ0) is 16.1. The highest BCUT2D eigenvalue weighted by atomic mass is 16.6. The van der Waals surface area contributed by atoms with Gasteiger partial charge in [0, 0.05) is 6.54 Å². The number of nitrogens with zero attached hydrogens (tertiary/aromatic N) is 1. The minimum atomic E-state index is -0.255. The smallest absolute Gasteiger partial charge is 0.412 e. The molecule has 0 saturated carbocycles. The number of hydrogen-bond donors (Lipinski definition) is 0. The van der Waals surface area contributed by atoms with Crippen LogP contribution in [0.4, 0.5) is 4.79 Å². The van der Waals surface area contributed by atoms with Gasteiger partial charge in [-0.25, -0.2) is 4.79 Å². The maximum Gasteiger partial charge on any atom is 0.415 e. The Morgan fingerprint density at radius 1 is 1.04 bits per heavy atom. The van der Waals surface area contributed by atoms with Crippen molar-refractivity contribution in [2.75, 3.05) is 6.54 Å². The molecule has 0 spiro atoms. The second kappa shape index (κ2) is 7.14. The molecule has 1 aliphatic rings. The second-order valence-electron chi connectivity index (χ2n) is 5.69. The molecule has 0 N–H and O–H groups in total. The van der Waals surface area contributed by atoms with Crippen molar-refractivity contribution in [3.63, 3.8) is 0 Å². The van der Waals surface area contributed by atoms with Crippen LogP contribution in [-0.4, -0.2) is 17.5 Å². The summed E-state index contributed by atoms with van der Waals surface area (Å²) in [6, 6.07) is 19.9. The second-order valence-corrected chi connectivity index (χ2v) is 5.69.